The Bertz CT molecular complexity index is 515. The van der Waals surface area contributed by atoms with Gasteiger partial charge in [0.25, 0.3) is 5.91 Å². The van der Waals surface area contributed by atoms with E-state index in [1.165, 1.54) is 18.3 Å². The maximum absolute atomic E-state index is 12.5. The first kappa shape index (κ1) is 15.9. The summed E-state index contributed by atoms with van der Waals surface area (Å²) < 4.78 is 5.77. The number of nitrogens with one attached hydrogen (secondary N) is 1. The Morgan fingerprint density at radius 2 is 2.29 bits per heavy atom. The maximum Gasteiger partial charge on any atom is 0.273 e. The molecule has 0 bridgehead atoms. The van der Waals surface area contributed by atoms with Crippen molar-refractivity contribution >= 4 is 28.3 Å². The Balaban J connectivity index is 2.07. The Morgan fingerprint density at radius 3 is 2.95 bits per heavy atom. The van der Waals surface area contributed by atoms with Crippen molar-refractivity contribution in [2.45, 2.75) is 33.3 Å². The molecule has 0 saturated carbocycles. The number of rotatable bonds is 3. The number of hydrogen-bond acceptors (Lipinski definition) is 5. The topological polar surface area (TPSA) is 71.5 Å². The molecule has 116 valence electrons. The number of hydrogen-bond donors (Lipinski definition) is 1. The summed E-state index contributed by atoms with van der Waals surface area (Å²) in [6.07, 6.45) is 0.891. The average molecular weight is 311 g/mol. The molecule has 0 aromatic carbocycles. The van der Waals surface area contributed by atoms with Crippen molar-refractivity contribution in [1.82, 2.24) is 9.88 Å². The zero-order valence-electron chi connectivity index (χ0n) is 12.6. The summed E-state index contributed by atoms with van der Waals surface area (Å²) in [6, 6.07) is 0. The van der Waals surface area contributed by atoms with Gasteiger partial charge in [-0.2, -0.15) is 0 Å². The predicted molar refractivity (Wildman–Crippen MR) is 81.5 cm³/mol. The summed E-state index contributed by atoms with van der Waals surface area (Å²) in [5, 5.41) is 4.74. The standard InChI is InChI=1S/C14H21N3O3S/c1-9(2)12-7-17(5-4-6-20-12)13(19)11-8-21-14(16-11)15-10(3)18/h8-9,12H,4-7H2,1-3H3,(H,15,16,18). The first-order chi connectivity index (χ1) is 9.97. The smallest absolute Gasteiger partial charge is 0.273 e. The lowest BCUT2D eigenvalue weighted by molar-refractivity contribution is -0.114. The summed E-state index contributed by atoms with van der Waals surface area (Å²) in [5.41, 5.74) is 0.383. The molecule has 2 rings (SSSR count). The van der Waals surface area contributed by atoms with Gasteiger partial charge in [0.15, 0.2) is 5.13 Å². The number of nitrogens with zero attached hydrogens (tertiary/aromatic N) is 2. The number of amides is 2. The molecule has 1 aromatic heterocycles. The molecule has 0 spiro atoms. The fourth-order valence-corrected chi connectivity index (χ4v) is 2.91. The van der Waals surface area contributed by atoms with Gasteiger partial charge in [0.1, 0.15) is 5.69 Å². The molecule has 1 aliphatic heterocycles. The van der Waals surface area contributed by atoms with Gasteiger partial charge >= 0.3 is 0 Å². The lowest BCUT2D eigenvalue weighted by Gasteiger charge is -2.25. The molecule has 2 amide bonds. The van der Waals surface area contributed by atoms with Crippen LogP contribution in [0, 0.1) is 5.92 Å². The average Bonchev–Trinajstić information content (AvgIpc) is 2.73. The summed E-state index contributed by atoms with van der Waals surface area (Å²) >= 11 is 1.26. The molecule has 0 radical (unpaired) electrons. The van der Waals surface area contributed by atoms with Crippen LogP contribution < -0.4 is 5.32 Å². The SMILES string of the molecule is CC(=O)Nc1nc(C(=O)N2CCCOC(C(C)C)C2)cs1. The quantitative estimate of drug-likeness (QED) is 0.926. The van der Waals surface area contributed by atoms with Gasteiger partial charge in [-0.05, 0) is 12.3 Å². The van der Waals surface area contributed by atoms with Crippen LogP contribution in [0.4, 0.5) is 5.13 Å². The lowest BCUT2D eigenvalue weighted by atomic mass is 10.1. The van der Waals surface area contributed by atoms with E-state index in [1.807, 2.05) is 0 Å². The third-order valence-electron chi connectivity index (χ3n) is 3.34. The summed E-state index contributed by atoms with van der Waals surface area (Å²) in [7, 11) is 0. The van der Waals surface area contributed by atoms with Gasteiger partial charge in [0.05, 0.1) is 6.10 Å². The monoisotopic (exact) mass is 311 g/mol. The van der Waals surface area contributed by atoms with Crippen LogP contribution in [0.25, 0.3) is 0 Å². The highest BCUT2D eigenvalue weighted by atomic mass is 32.1. The van der Waals surface area contributed by atoms with Gasteiger partial charge in [-0.3, -0.25) is 9.59 Å². The first-order valence-electron chi connectivity index (χ1n) is 7.11. The number of thiazole rings is 1. The minimum atomic E-state index is -0.189. The zero-order valence-corrected chi connectivity index (χ0v) is 13.4. The molecule has 1 saturated heterocycles. The van der Waals surface area contributed by atoms with E-state index in [4.69, 9.17) is 4.74 Å². The molecule has 21 heavy (non-hydrogen) atoms. The van der Waals surface area contributed by atoms with E-state index in [1.54, 1.807) is 10.3 Å². The Labute approximate surface area is 128 Å². The largest absolute Gasteiger partial charge is 0.376 e. The molecular weight excluding hydrogens is 290 g/mol. The minimum Gasteiger partial charge on any atom is -0.376 e. The van der Waals surface area contributed by atoms with Crippen molar-refractivity contribution in [3.05, 3.63) is 11.1 Å². The van der Waals surface area contributed by atoms with Crippen LogP contribution in [0.2, 0.25) is 0 Å². The molecule has 1 aromatic rings. The number of ether oxygens (including phenoxy) is 1. The van der Waals surface area contributed by atoms with E-state index in [0.29, 0.717) is 36.4 Å². The van der Waals surface area contributed by atoms with E-state index in [-0.39, 0.29) is 17.9 Å². The fourth-order valence-electron chi connectivity index (χ4n) is 2.18. The van der Waals surface area contributed by atoms with Gasteiger partial charge in [-0.1, -0.05) is 13.8 Å². The summed E-state index contributed by atoms with van der Waals surface area (Å²) in [5.74, 6) is 0.0779. The third kappa shape index (κ3) is 4.25. The van der Waals surface area contributed by atoms with Crippen LogP contribution in [0.3, 0.4) is 0 Å². The molecule has 1 unspecified atom stereocenters. The highest BCUT2D eigenvalue weighted by Gasteiger charge is 2.26. The van der Waals surface area contributed by atoms with Gasteiger partial charge in [0, 0.05) is 32.0 Å². The van der Waals surface area contributed by atoms with E-state index >= 15 is 0 Å². The Morgan fingerprint density at radius 1 is 1.52 bits per heavy atom. The van der Waals surface area contributed by atoms with Gasteiger partial charge in [-0.25, -0.2) is 4.98 Å². The molecule has 1 fully saturated rings. The second kappa shape index (κ2) is 7.00. The molecule has 1 N–H and O–H groups in total. The molecule has 6 nitrogen and oxygen atoms in total. The van der Waals surface area contributed by atoms with Crippen molar-refractivity contribution in [2.75, 3.05) is 25.0 Å². The normalized spacial score (nSPS) is 19.4. The summed E-state index contributed by atoms with van der Waals surface area (Å²) in [4.78, 5) is 29.5. The minimum absolute atomic E-state index is 0.0601. The number of carbonyl (C=O) groups excluding carboxylic acids is 2. The van der Waals surface area contributed by atoms with Crippen LogP contribution in [-0.2, 0) is 9.53 Å². The van der Waals surface area contributed by atoms with Crippen LogP contribution in [-0.4, -0.2) is 47.5 Å². The molecular formula is C14H21N3O3S. The van der Waals surface area contributed by atoms with Gasteiger partial charge in [-0.15, -0.1) is 11.3 Å². The second-order valence-corrected chi connectivity index (χ2v) is 6.34. The van der Waals surface area contributed by atoms with E-state index in [0.717, 1.165) is 6.42 Å². The predicted octanol–water partition coefficient (Wildman–Crippen LogP) is 1.99. The molecule has 2 heterocycles. The van der Waals surface area contributed by atoms with Gasteiger partial charge < -0.3 is 15.0 Å². The maximum atomic E-state index is 12.5. The van der Waals surface area contributed by atoms with Crippen molar-refractivity contribution in [1.29, 1.82) is 0 Å². The van der Waals surface area contributed by atoms with Crippen LogP contribution in [0.1, 0.15) is 37.7 Å². The van der Waals surface area contributed by atoms with Crippen molar-refractivity contribution in [3.63, 3.8) is 0 Å². The van der Waals surface area contributed by atoms with Crippen LogP contribution >= 0.6 is 11.3 Å². The van der Waals surface area contributed by atoms with Crippen molar-refractivity contribution < 1.29 is 14.3 Å². The lowest BCUT2D eigenvalue weighted by Crippen LogP contribution is -2.38. The number of aromatic nitrogens is 1. The first-order valence-corrected chi connectivity index (χ1v) is 7.99. The van der Waals surface area contributed by atoms with E-state index in [9.17, 15) is 9.59 Å². The van der Waals surface area contributed by atoms with E-state index in [2.05, 4.69) is 24.1 Å². The summed E-state index contributed by atoms with van der Waals surface area (Å²) in [6.45, 7) is 7.55. The van der Waals surface area contributed by atoms with Crippen molar-refractivity contribution in [3.8, 4) is 0 Å². The van der Waals surface area contributed by atoms with Gasteiger partial charge in [0.2, 0.25) is 5.91 Å². The highest BCUT2D eigenvalue weighted by Crippen LogP contribution is 2.19. The zero-order chi connectivity index (χ0) is 15.4. The van der Waals surface area contributed by atoms with E-state index < -0.39 is 0 Å². The molecule has 1 atom stereocenters. The Hall–Kier alpha value is -1.47. The highest BCUT2D eigenvalue weighted by molar-refractivity contribution is 7.14. The molecule has 1 aliphatic rings. The molecule has 7 heteroatoms. The second-order valence-electron chi connectivity index (χ2n) is 5.48. The Kier molecular flexibility index (Phi) is 5.30. The molecule has 0 aliphatic carbocycles. The number of anilines is 1. The van der Waals surface area contributed by atoms with Crippen LogP contribution in [0.5, 0.6) is 0 Å². The number of carbonyl (C=O) groups is 2. The van der Waals surface area contributed by atoms with Crippen LogP contribution in [0.15, 0.2) is 5.38 Å². The fraction of sp³-hybridized carbons (Fsp3) is 0.643. The third-order valence-corrected chi connectivity index (χ3v) is 4.10. The van der Waals surface area contributed by atoms with Crippen molar-refractivity contribution in [2.24, 2.45) is 5.92 Å².